The number of carbonyl (C=O) groups excluding carboxylic acids is 1. The van der Waals surface area contributed by atoms with E-state index in [1.165, 1.54) is 11.3 Å². The lowest BCUT2D eigenvalue weighted by atomic mass is 9.97. The van der Waals surface area contributed by atoms with Gasteiger partial charge in [-0.05, 0) is 38.1 Å². The van der Waals surface area contributed by atoms with Gasteiger partial charge < -0.3 is 25.0 Å². The van der Waals surface area contributed by atoms with Crippen LogP contribution in [0.3, 0.4) is 0 Å². The number of nitrogens with one attached hydrogen (secondary N) is 2. The van der Waals surface area contributed by atoms with E-state index in [1.54, 1.807) is 7.11 Å². The molecule has 2 fully saturated rings. The van der Waals surface area contributed by atoms with Crippen molar-refractivity contribution in [3.63, 3.8) is 0 Å². The van der Waals surface area contributed by atoms with Crippen molar-refractivity contribution in [1.29, 1.82) is 0 Å². The summed E-state index contributed by atoms with van der Waals surface area (Å²) in [4.78, 5) is 19.5. The molecule has 0 radical (unpaired) electrons. The maximum Gasteiger partial charge on any atom is 0.229 e. The second-order valence-corrected chi connectivity index (χ2v) is 7.60. The number of carbonyl (C=O) groups is 1. The summed E-state index contributed by atoms with van der Waals surface area (Å²) >= 11 is 1.52. The van der Waals surface area contributed by atoms with Crippen LogP contribution in [0.25, 0.3) is 10.2 Å². The van der Waals surface area contributed by atoms with Gasteiger partial charge in [0, 0.05) is 19.0 Å². The van der Waals surface area contributed by atoms with E-state index < -0.39 is 0 Å². The number of piperidine rings is 1. The predicted molar refractivity (Wildman–Crippen MR) is 103 cm³/mol. The van der Waals surface area contributed by atoms with Crippen LogP contribution in [0.1, 0.15) is 12.8 Å². The van der Waals surface area contributed by atoms with E-state index in [-0.39, 0.29) is 11.8 Å². The van der Waals surface area contributed by atoms with Gasteiger partial charge in [-0.25, -0.2) is 4.98 Å². The van der Waals surface area contributed by atoms with Crippen molar-refractivity contribution in [2.75, 3.05) is 56.7 Å². The summed E-state index contributed by atoms with van der Waals surface area (Å²) in [7, 11) is 1.65. The first-order valence-electron chi connectivity index (χ1n) is 9.08. The highest BCUT2D eigenvalue weighted by atomic mass is 32.1. The van der Waals surface area contributed by atoms with Crippen molar-refractivity contribution in [2.24, 2.45) is 5.92 Å². The highest BCUT2D eigenvalue weighted by Crippen LogP contribution is 2.39. The first-order valence-corrected chi connectivity index (χ1v) is 9.89. The Bertz CT molecular complexity index is 782. The molecule has 3 heterocycles. The molecule has 0 bridgehead atoms. The first kappa shape index (κ1) is 17.5. The fourth-order valence-electron chi connectivity index (χ4n) is 3.53. The van der Waals surface area contributed by atoms with Gasteiger partial charge in [0.15, 0.2) is 5.13 Å². The van der Waals surface area contributed by atoms with Crippen LogP contribution in [0.5, 0.6) is 5.75 Å². The van der Waals surface area contributed by atoms with Crippen LogP contribution < -0.4 is 20.3 Å². The summed E-state index contributed by atoms with van der Waals surface area (Å²) in [6.07, 6.45) is 1.75. The Balaban J connectivity index is 1.62. The predicted octanol–water partition coefficient (Wildman–Crippen LogP) is 2.08. The Morgan fingerprint density at radius 2 is 2.12 bits per heavy atom. The number of hydrogen-bond acceptors (Lipinski definition) is 7. The highest BCUT2D eigenvalue weighted by Gasteiger charge is 2.23. The number of morpholine rings is 1. The van der Waals surface area contributed by atoms with Crippen molar-refractivity contribution >= 4 is 38.3 Å². The van der Waals surface area contributed by atoms with E-state index in [0.29, 0.717) is 5.13 Å². The molecule has 0 saturated carbocycles. The topological polar surface area (TPSA) is 75.7 Å². The standard InChI is InChI=1S/C18H24N4O3S/c1-24-14-3-2-13(22-8-10-25-11-9-22)16-15(14)20-18(26-16)21-17(23)12-4-6-19-7-5-12/h2-3,12,19H,4-11H2,1H3,(H,20,21,23). The normalized spacial score (nSPS) is 18.9. The van der Waals surface area contributed by atoms with Crippen LogP contribution in [0.4, 0.5) is 10.8 Å². The van der Waals surface area contributed by atoms with Gasteiger partial charge in [-0.1, -0.05) is 11.3 Å². The smallest absolute Gasteiger partial charge is 0.229 e. The third kappa shape index (κ3) is 3.49. The zero-order valence-corrected chi connectivity index (χ0v) is 15.7. The minimum Gasteiger partial charge on any atom is -0.494 e. The zero-order chi connectivity index (χ0) is 17.9. The summed E-state index contributed by atoms with van der Waals surface area (Å²) in [6, 6.07) is 4.02. The van der Waals surface area contributed by atoms with Gasteiger partial charge in [0.05, 0.1) is 30.7 Å². The number of nitrogens with zero attached hydrogens (tertiary/aromatic N) is 2. The molecule has 2 aromatic rings. The lowest BCUT2D eigenvalue weighted by Gasteiger charge is -2.29. The average molecular weight is 376 g/mol. The summed E-state index contributed by atoms with van der Waals surface area (Å²) in [5, 5.41) is 6.95. The number of hydrogen-bond donors (Lipinski definition) is 2. The molecule has 2 saturated heterocycles. The molecule has 0 unspecified atom stereocenters. The first-order chi connectivity index (χ1) is 12.8. The molecule has 2 N–H and O–H groups in total. The molecule has 2 aliphatic heterocycles. The third-order valence-corrected chi connectivity index (χ3v) is 5.99. The monoisotopic (exact) mass is 376 g/mol. The van der Waals surface area contributed by atoms with E-state index in [9.17, 15) is 4.79 Å². The molecule has 4 rings (SSSR count). The largest absolute Gasteiger partial charge is 0.494 e. The van der Waals surface area contributed by atoms with Crippen molar-refractivity contribution in [2.45, 2.75) is 12.8 Å². The number of thiazole rings is 1. The Labute approximate surface area is 156 Å². The fraction of sp³-hybridized carbons (Fsp3) is 0.556. The maximum absolute atomic E-state index is 12.6. The van der Waals surface area contributed by atoms with Gasteiger partial charge in [0.1, 0.15) is 11.3 Å². The van der Waals surface area contributed by atoms with Crippen LogP contribution in [-0.2, 0) is 9.53 Å². The molecule has 0 aliphatic carbocycles. The number of fused-ring (bicyclic) bond motifs is 1. The minimum atomic E-state index is 0.0591. The van der Waals surface area contributed by atoms with Crippen LogP contribution >= 0.6 is 11.3 Å². The number of rotatable bonds is 4. The molecular formula is C18H24N4O3S. The van der Waals surface area contributed by atoms with E-state index in [2.05, 4.69) is 26.6 Å². The van der Waals surface area contributed by atoms with E-state index in [0.717, 1.165) is 73.9 Å². The number of benzene rings is 1. The van der Waals surface area contributed by atoms with Crippen LogP contribution in [0.2, 0.25) is 0 Å². The molecule has 7 nitrogen and oxygen atoms in total. The van der Waals surface area contributed by atoms with Crippen molar-refractivity contribution in [3.05, 3.63) is 12.1 Å². The lowest BCUT2D eigenvalue weighted by molar-refractivity contribution is -0.120. The number of amides is 1. The van der Waals surface area contributed by atoms with E-state index >= 15 is 0 Å². The quantitative estimate of drug-likeness (QED) is 0.851. The van der Waals surface area contributed by atoms with Gasteiger partial charge in [0.2, 0.25) is 5.91 Å². The van der Waals surface area contributed by atoms with E-state index in [4.69, 9.17) is 9.47 Å². The minimum absolute atomic E-state index is 0.0591. The molecule has 8 heteroatoms. The van der Waals surface area contributed by atoms with Crippen molar-refractivity contribution in [1.82, 2.24) is 10.3 Å². The summed E-state index contributed by atoms with van der Waals surface area (Å²) in [5.41, 5.74) is 1.94. The van der Waals surface area contributed by atoms with Gasteiger partial charge in [0.25, 0.3) is 0 Å². The van der Waals surface area contributed by atoms with E-state index in [1.807, 2.05) is 6.07 Å². The third-order valence-electron chi connectivity index (χ3n) is 5.00. The van der Waals surface area contributed by atoms with Crippen LogP contribution in [-0.4, -0.2) is 57.4 Å². The van der Waals surface area contributed by atoms with Gasteiger partial charge in [-0.3, -0.25) is 4.79 Å². The number of aromatic nitrogens is 1. The lowest BCUT2D eigenvalue weighted by Crippen LogP contribution is -2.36. The SMILES string of the molecule is COc1ccc(N2CCOCC2)c2sc(NC(=O)C3CCNCC3)nc12. The molecular weight excluding hydrogens is 352 g/mol. The Morgan fingerprint density at radius 3 is 2.85 bits per heavy atom. The fourth-order valence-corrected chi connectivity index (χ4v) is 4.56. The van der Waals surface area contributed by atoms with Gasteiger partial charge in [-0.15, -0.1) is 0 Å². The van der Waals surface area contributed by atoms with Crippen LogP contribution in [0, 0.1) is 5.92 Å². The molecule has 1 aromatic heterocycles. The number of ether oxygens (including phenoxy) is 2. The molecule has 26 heavy (non-hydrogen) atoms. The molecule has 1 aromatic carbocycles. The highest BCUT2D eigenvalue weighted by molar-refractivity contribution is 7.23. The second kappa shape index (κ2) is 7.77. The maximum atomic E-state index is 12.6. The molecule has 2 aliphatic rings. The Morgan fingerprint density at radius 1 is 1.35 bits per heavy atom. The van der Waals surface area contributed by atoms with Crippen molar-refractivity contribution in [3.8, 4) is 5.75 Å². The van der Waals surface area contributed by atoms with Crippen LogP contribution in [0.15, 0.2) is 12.1 Å². The number of methoxy groups -OCH3 is 1. The molecule has 0 spiro atoms. The Kier molecular flexibility index (Phi) is 5.23. The zero-order valence-electron chi connectivity index (χ0n) is 14.9. The second-order valence-electron chi connectivity index (χ2n) is 6.60. The number of anilines is 2. The summed E-state index contributed by atoms with van der Waals surface area (Å²) < 4.78 is 12.0. The van der Waals surface area contributed by atoms with Crippen molar-refractivity contribution < 1.29 is 14.3 Å². The molecule has 140 valence electrons. The van der Waals surface area contributed by atoms with Gasteiger partial charge in [-0.2, -0.15) is 0 Å². The summed E-state index contributed by atoms with van der Waals surface area (Å²) in [5.74, 6) is 0.858. The molecule has 0 atom stereocenters. The summed E-state index contributed by atoms with van der Waals surface area (Å²) in [6.45, 7) is 4.96. The Hall–Kier alpha value is -1.90. The molecule has 1 amide bonds. The average Bonchev–Trinajstić information content (AvgIpc) is 3.12. The van der Waals surface area contributed by atoms with Gasteiger partial charge >= 0.3 is 0 Å².